The van der Waals surface area contributed by atoms with Crippen molar-refractivity contribution in [2.24, 2.45) is 12.8 Å². The van der Waals surface area contributed by atoms with Gasteiger partial charge in [0, 0.05) is 19.6 Å². The van der Waals surface area contributed by atoms with Crippen LogP contribution in [0.25, 0.3) is 0 Å². The number of aromatic nitrogens is 2. The van der Waals surface area contributed by atoms with Crippen molar-refractivity contribution in [3.8, 4) is 0 Å². The maximum atomic E-state index is 6.04. The summed E-state index contributed by atoms with van der Waals surface area (Å²) in [6.07, 6.45) is 2.70. The molecule has 0 aromatic carbocycles. The summed E-state index contributed by atoms with van der Waals surface area (Å²) in [4.78, 5) is 6.53. The van der Waals surface area contributed by atoms with E-state index in [0.29, 0.717) is 5.15 Å². The maximum absolute atomic E-state index is 6.04. The summed E-state index contributed by atoms with van der Waals surface area (Å²) >= 11 is 5.94. The Balaban J connectivity index is 2.34. The Kier molecular flexibility index (Phi) is 2.51. The molecule has 1 fully saturated rings. The average molecular weight is 215 g/mol. The topological polar surface area (TPSA) is 47.1 Å². The molecule has 1 saturated heterocycles. The van der Waals surface area contributed by atoms with E-state index in [1.54, 1.807) is 6.20 Å². The van der Waals surface area contributed by atoms with Crippen LogP contribution in [0.1, 0.15) is 18.3 Å². The lowest BCUT2D eigenvalue weighted by molar-refractivity contribution is 0.287. The van der Waals surface area contributed by atoms with E-state index in [1.807, 2.05) is 11.6 Å². The molecule has 5 heteroatoms. The van der Waals surface area contributed by atoms with Gasteiger partial charge in [0.05, 0.1) is 12.2 Å². The zero-order valence-corrected chi connectivity index (χ0v) is 9.20. The molecule has 0 saturated carbocycles. The fourth-order valence-corrected chi connectivity index (χ4v) is 2.18. The number of rotatable bonds is 1. The first-order valence-electron chi connectivity index (χ1n) is 4.74. The van der Waals surface area contributed by atoms with E-state index in [-0.39, 0.29) is 12.1 Å². The van der Waals surface area contributed by atoms with Gasteiger partial charge in [-0.05, 0) is 13.5 Å². The van der Waals surface area contributed by atoms with Crippen molar-refractivity contribution in [3.63, 3.8) is 0 Å². The smallest absolute Gasteiger partial charge is 0.128 e. The van der Waals surface area contributed by atoms with Gasteiger partial charge in [-0.2, -0.15) is 0 Å². The fourth-order valence-electron chi connectivity index (χ4n) is 2.04. The van der Waals surface area contributed by atoms with Crippen LogP contribution in [0.15, 0.2) is 6.20 Å². The van der Waals surface area contributed by atoms with Gasteiger partial charge in [-0.25, -0.2) is 4.98 Å². The molecule has 1 aromatic heterocycles. The molecule has 2 atom stereocenters. The Bertz CT molecular complexity index is 326. The van der Waals surface area contributed by atoms with Crippen LogP contribution in [0.5, 0.6) is 0 Å². The molecule has 0 bridgehead atoms. The normalized spacial score (nSPS) is 28.6. The molecular formula is C9H15ClN4. The quantitative estimate of drug-likeness (QED) is 0.752. The van der Waals surface area contributed by atoms with Crippen molar-refractivity contribution in [1.82, 2.24) is 14.5 Å². The van der Waals surface area contributed by atoms with Crippen molar-refractivity contribution < 1.29 is 0 Å². The standard InChI is InChI=1S/C9H15ClN4/c1-13-4-3-6(11)8(13)9-12-5-7(10)14(9)2/h5-6,8H,3-4,11H2,1-2H3. The van der Waals surface area contributed by atoms with E-state index in [0.717, 1.165) is 18.8 Å². The van der Waals surface area contributed by atoms with Crippen LogP contribution in [0.2, 0.25) is 5.15 Å². The molecule has 0 spiro atoms. The highest BCUT2D eigenvalue weighted by Crippen LogP contribution is 2.29. The monoisotopic (exact) mass is 214 g/mol. The van der Waals surface area contributed by atoms with E-state index in [4.69, 9.17) is 17.3 Å². The Morgan fingerprint density at radius 2 is 2.29 bits per heavy atom. The van der Waals surface area contributed by atoms with E-state index in [1.165, 1.54) is 0 Å². The molecule has 2 N–H and O–H groups in total. The molecule has 0 amide bonds. The van der Waals surface area contributed by atoms with E-state index in [9.17, 15) is 0 Å². The lowest BCUT2D eigenvalue weighted by atomic mass is 10.1. The first-order valence-corrected chi connectivity index (χ1v) is 5.12. The third-order valence-electron chi connectivity index (χ3n) is 2.93. The largest absolute Gasteiger partial charge is 0.326 e. The Morgan fingerprint density at radius 3 is 2.71 bits per heavy atom. The lowest BCUT2D eigenvalue weighted by Crippen LogP contribution is -2.31. The molecule has 14 heavy (non-hydrogen) atoms. The minimum atomic E-state index is 0.164. The van der Waals surface area contributed by atoms with Gasteiger partial charge in [-0.15, -0.1) is 0 Å². The average Bonchev–Trinajstić information content (AvgIpc) is 2.62. The Hall–Kier alpha value is -0.580. The van der Waals surface area contributed by atoms with Crippen LogP contribution >= 0.6 is 11.6 Å². The number of nitrogens with two attached hydrogens (primary N) is 1. The van der Waals surface area contributed by atoms with Crippen molar-refractivity contribution in [2.45, 2.75) is 18.5 Å². The van der Waals surface area contributed by atoms with Crippen LogP contribution in [-0.2, 0) is 7.05 Å². The summed E-state index contributed by atoms with van der Waals surface area (Å²) in [6, 6.07) is 0.365. The predicted molar refractivity (Wildman–Crippen MR) is 56.2 cm³/mol. The molecule has 2 heterocycles. The first-order chi connectivity index (χ1) is 6.61. The second-order valence-corrected chi connectivity index (χ2v) is 4.26. The van der Waals surface area contributed by atoms with Crippen LogP contribution in [0.3, 0.4) is 0 Å². The third kappa shape index (κ3) is 1.43. The number of hydrogen-bond donors (Lipinski definition) is 1. The number of hydrogen-bond acceptors (Lipinski definition) is 3. The summed E-state index contributed by atoms with van der Waals surface area (Å²) in [6.45, 7) is 1.02. The fraction of sp³-hybridized carbons (Fsp3) is 0.667. The molecule has 0 aliphatic carbocycles. The molecule has 4 nitrogen and oxygen atoms in total. The summed E-state index contributed by atoms with van der Waals surface area (Å²) in [5.74, 6) is 0.961. The molecule has 2 unspecified atom stereocenters. The van der Waals surface area contributed by atoms with Crippen molar-refractivity contribution in [1.29, 1.82) is 0 Å². The SMILES string of the molecule is CN1CCC(N)C1c1ncc(Cl)n1C. The second kappa shape index (κ2) is 3.53. The molecule has 0 radical (unpaired) electrons. The van der Waals surface area contributed by atoms with Gasteiger partial charge in [0.15, 0.2) is 0 Å². The van der Waals surface area contributed by atoms with Gasteiger partial charge in [0.2, 0.25) is 0 Å². The predicted octanol–water partition coefficient (Wildman–Crippen LogP) is 0.777. The summed E-state index contributed by atoms with van der Waals surface area (Å²) < 4.78 is 1.90. The summed E-state index contributed by atoms with van der Waals surface area (Å²) in [5.41, 5.74) is 6.04. The summed E-state index contributed by atoms with van der Waals surface area (Å²) in [7, 11) is 3.99. The highest BCUT2D eigenvalue weighted by Gasteiger charge is 2.33. The van der Waals surface area contributed by atoms with Crippen LogP contribution in [0, 0.1) is 0 Å². The lowest BCUT2D eigenvalue weighted by Gasteiger charge is -2.22. The Labute approximate surface area is 88.7 Å². The van der Waals surface area contributed by atoms with Crippen LogP contribution in [0.4, 0.5) is 0 Å². The van der Waals surface area contributed by atoms with E-state index in [2.05, 4.69) is 16.9 Å². The Morgan fingerprint density at radius 1 is 1.57 bits per heavy atom. The van der Waals surface area contributed by atoms with Gasteiger partial charge in [-0.1, -0.05) is 11.6 Å². The second-order valence-electron chi connectivity index (χ2n) is 3.88. The number of likely N-dealkylation sites (tertiary alicyclic amines) is 1. The molecule has 78 valence electrons. The number of nitrogens with zero attached hydrogens (tertiary/aromatic N) is 3. The number of likely N-dealkylation sites (N-methyl/N-ethyl adjacent to an activating group) is 1. The van der Waals surface area contributed by atoms with Gasteiger partial charge >= 0.3 is 0 Å². The maximum Gasteiger partial charge on any atom is 0.128 e. The van der Waals surface area contributed by atoms with Gasteiger partial charge < -0.3 is 10.3 Å². The van der Waals surface area contributed by atoms with Gasteiger partial charge in [0.25, 0.3) is 0 Å². The molecule has 1 aromatic rings. The van der Waals surface area contributed by atoms with E-state index < -0.39 is 0 Å². The van der Waals surface area contributed by atoms with Gasteiger partial charge in [-0.3, -0.25) is 4.90 Å². The first kappa shape index (κ1) is 9.96. The van der Waals surface area contributed by atoms with Crippen molar-refractivity contribution >= 4 is 11.6 Å². The number of halogens is 1. The molecule has 1 aliphatic rings. The highest BCUT2D eigenvalue weighted by molar-refractivity contribution is 6.29. The van der Waals surface area contributed by atoms with Crippen LogP contribution < -0.4 is 5.73 Å². The number of imidazole rings is 1. The highest BCUT2D eigenvalue weighted by atomic mass is 35.5. The van der Waals surface area contributed by atoms with Crippen molar-refractivity contribution in [2.75, 3.05) is 13.6 Å². The molecular weight excluding hydrogens is 200 g/mol. The van der Waals surface area contributed by atoms with Gasteiger partial charge in [0.1, 0.15) is 11.0 Å². The minimum Gasteiger partial charge on any atom is -0.326 e. The molecule has 2 rings (SSSR count). The zero-order valence-electron chi connectivity index (χ0n) is 8.44. The zero-order chi connectivity index (χ0) is 10.3. The van der Waals surface area contributed by atoms with Crippen LogP contribution in [-0.4, -0.2) is 34.1 Å². The summed E-state index contributed by atoms with van der Waals surface area (Å²) in [5, 5.41) is 0.660. The van der Waals surface area contributed by atoms with Crippen molar-refractivity contribution in [3.05, 3.63) is 17.2 Å². The molecule has 1 aliphatic heterocycles. The third-order valence-corrected chi connectivity index (χ3v) is 3.28. The minimum absolute atomic E-state index is 0.164. The van der Waals surface area contributed by atoms with E-state index >= 15 is 0 Å².